The summed E-state index contributed by atoms with van der Waals surface area (Å²) in [6, 6.07) is 21.1. The van der Waals surface area contributed by atoms with Gasteiger partial charge in [-0.15, -0.1) is 0 Å². The maximum Gasteiger partial charge on any atom is 1.00 e. The zero-order valence-corrected chi connectivity index (χ0v) is 10.1. The molecule has 2 rings (SSSR count). The summed E-state index contributed by atoms with van der Waals surface area (Å²) < 4.78 is 0. The molecule has 17 heavy (non-hydrogen) atoms. The summed E-state index contributed by atoms with van der Waals surface area (Å²) in [5.41, 5.74) is 2.43. The minimum absolute atomic E-state index is 0. The van der Waals surface area contributed by atoms with Gasteiger partial charge in [-0.3, -0.25) is 0 Å². The Labute approximate surface area is 115 Å². The number of aliphatic hydroxyl groups excluding tert-OH is 1. The fraction of sp³-hybridized carbons (Fsp3) is 0.200. The van der Waals surface area contributed by atoms with Crippen LogP contribution in [0.1, 0.15) is 17.0 Å². The van der Waals surface area contributed by atoms with E-state index in [9.17, 15) is 5.11 Å². The van der Waals surface area contributed by atoms with E-state index in [-0.39, 0.29) is 31.4 Å². The summed E-state index contributed by atoms with van der Waals surface area (Å²) in [4.78, 5) is 0. The van der Waals surface area contributed by atoms with Crippen molar-refractivity contribution in [3.05, 3.63) is 71.8 Å². The summed E-state index contributed by atoms with van der Waals surface area (Å²) in [6.45, 7) is 0.183. The molecule has 1 nitrogen and oxygen atoms in total. The Morgan fingerprint density at radius 1 is 1.00 bits per heavy atom. The molecule has 0 aliphatic carbocycles. The molecular weight excluding hydrogens is 203 g/mol. The van der Waals surface area contributed by atoms with E-state index in [0.29, 0.717) is 0 Å². The van der Waals surface area contributed by atoms with Gasteiger partial charge in [0.05, 0.1) is 6.61 Å². The van der Waals surface area contributed by atoms with Crippen molar-refractivity contribution in [3.63, 3.8) is 0 Å². The minimum atomic E-state index is 0. The summed E-state index contributed by atoms with van der Waals surface area (Å²) in [5, 5.41) is 9.43. The Hall–Kier alpha value is -1.00. The normalized spacial score (nSPS) is 11.6. The molecular formula is C15H15LiO. The zero-order valence-electron chi connectivity index (χ0n) is 10.1. The molecule has 0 radical (unpaired) electrons. The summed E-state index contributed by atoms with van der Waals surface area (Å²) in [5.74, 6) is 0.184. The van der Waals surface area contributed by atoms with Crippen molar-refractivity contribution in [2.24, 2.45) is 0 Å². The molecule has 82 valence electrons. The first-order valence-corrected chi connectivity index (χ1v) is 5.51. The predicted molar refractivity (Wildman–Crippen MR) is 65.3 cm³/mol. The quantitative estimate of drug-likeness (QED) is 0.557. The van der Waals surface area contributed by atoms with E-state index in [1.807, 2.05) is 42.5 Å². The molecule has 1 N–H and O–H groups in total. The average molecular weight is 218 g/mol. The van der Waals surface area contributed by atoms with Crippen molar-refractivity contribution >= 4 is 0 Å². The van der Waals surface area contributed by atoms with Crippen LogP contribution in [0.5, 0.6) is 0 Å². The third-order valence-corrected chi connectivity index (χ3v) is 2.76. The van der Waals surface area contributed by atoms with E-state index >= 15 is 0 Å². The van der Waals surface area contributed by atoms with Crippen LogP contribution in [0.15, 0.2) is 54.6 Å². The summed E-state index contributed by atoms with van der Waals surface area (Å²) >= 11 is 0. The maximum atomic E-state index is 9.43. The van der Waals surface area contributed by atoms with E-state index < -0.39 is 0 Å². The van der Waals surface area contributed by atoms with E-state index in [0.717, 1.165) is 6.42 Å². The summed E-state index contributed by atoms with van der Waals surface area (Å²) in [6.07, 6.45) is 0.870. The van der Waals surface area contributed by atoms with Crippen molar-refractivity contribution in [2.75, 3.05) is 6.61 Å². The Morgan fingerprint density at radius 2 is 1.65 bits per heavy atom. The number of aliphatic hydroxyl groups is 1. The third kappa shape index (κ3) is 4.05. The molecule has 2 aromatic rings. The van der Waals surface area contributed by atoms with Gasteiger partial charge in [-0.05, 0) is 12.0 Å². The van der Waals surface area contributed by atoms with Crippen molar-refractivity contribution < 1.29 is 24.0 Å². The van der Waals surface area contributed by atoms with Crippen LogP contribution in [0.25, 0.3) is 0 Å². The molecule has 2 aromatic carbocycles. The second-order valence-electron chi connectivity index (χ2n) is 3.90. The predicted octanol–water partition coefficient (Wildman–Crippen LogP) is -0.191. The van der Waals surface area contributed by atoms with Gasteiger partial charge in [0, 0.05) is 5.92 Å². The zero-order chi connectivity index (χ0) is 11.2. The minimum Gasteiger partial charge on any atom is -0.396 e. The van der Waals surface area contributed by atoms with Crippen LogP contribution in [0, 0.1) is 6.07 Å². The molecule has 0 aliphatic rings. The SMILES string of the molecule is OCC(Cc1cc[c-]cc1)c1ccccc1.[Li+]. The average Bonchev–Trinajstić information content (AvgIpc) is 2.38. The smallest absolute Gasteiger partial charge is 0.396 e. The molecule has 0 saturated heterocycles. The third-order valence-electron chi connectivity index (χ3n) is 2.76. The number of hydrogen-bond acceptors (Lipinski definition) is 1. The Kier molecular flexibility index (Phi) is 6.08. The van der Waals surface area contributed by atoms with Crippen LogP contribution < -0.4 is 18.9 Å². The largest absolute Gasteiger partial charge is 1.00 e. The van der Waals surface area contributed by atoms with E-state index in [4.69, 9.17) is 0 Å². The van der Waals surface area contributed by atoms with Gasteiger partial charge in [-0.25, -0.2) is 0 Å². The first-order chi connectivity index (χ1) is 7.90. The number of benzene rings is 2. The topological polar surface area (TPSA) is 20.2 Å². The molecule has 1 atom stereocenters. The number of hydrogen-bond donors (Lipinski definition) is 1. The van der Waals surface area contributed by atoms with Gasteiger partial charge >= 0.3 is 18.9 Å². The Balaban J connectivity index is 0.00000144. The Morgan fingerprint density at radius 3 is 2.24 bits per heavy atom. The molecule has 0 aromatic heterocycles. The molecule has 0 amide bonds. The molecule has 2 heteroatoms. The molecule has 0 bridgehead atoms. The molecule has 0 fully saturated rings. The van der Waals surface area contributed by atoms with Gasteiger partial charge in [0.25, 0.3) is 0 Å². The van der Waals surface area contributed by atoms with Crippen LogP contribution >= 0.6 is 0 Å². The molecule has 0 heterocycles. The van der Waals surface area contributed by atoms with Crippen molar-refractivity contribution in [1.29, 1.82) is 0 Å². The van der Waals surface area contributed by atoms with Gasteiger partial charge in [-0.1, -0.05) is 30.3 Å². The molecule has 0 spiro atoms. The standard InChI is InChI=1S/C15H15O.Li/c16-12-15(14-9-5-2-6-10-14)11-13-7-3-1-4-8-13;/h2-10,15-16H,11-12H2;/q-1;+1. The van der Waals surface area contributed by atoms with E-state index in [2.05, 4.69) is 18.2 Å². The van der Waals surface area contributed by atoms with E-state index in [1.54, 1.807) is 0 Å². The van der Waals surface area contributed by atoms with Gasteiger partial charge in [0.1, 0.15) is 0 Å². The van der Waals surface area contributed by atoms with Crippen molar-refractivity contribution in [1.82, 2.24) is 0 Å². The second kappa shape index (κ2) is 7.35. The monoisotopic (exact) mass is 218 g/mol. The molecule has 1 unspecified atom stereocenters. The van der Waals surface area contributed by atoms with Crippen LogP contribution in [0.2, 0.25) is 0 Å². The van der Waals surface area contributed by atoms with Crippen LogP contribution in [0.4, 0.5) is 0 Å². The molecule has 0 saturated carbocycles. The Bertz CT molecular complexity index is 413. The van der Waals surface area contributed by atoms with Gasteiger partial charge in [0.2, 0.25) is 0 Å². The fourth-order valence-electron chi connectivity index (χ4n) is 1.86. The first-order valence-electron chi connectivity index (χ1n) is 5.51. The molecule has 0 aliphatic heterocycles. The van der Waals surface area contributed by atoms with Crippen LogP contribution in [0.3, 0.4) is 0 Å². The summed E-state index contributed by atoms with van der Waals surface area (Å²) in [7, 11) is 0. The van der Waals surface area contributed by atoms with Crippen molar-refractivity contribution in [2.45, 2.75) is 12.3 Å². The van der Waals surface area contributed by atoms with Crippen molar-refractivity contribution in [3.8, 4) is 0 Å². The van der Waals surface area contributed by atoms with E-state index in [1.165, 1.54) is 11.1 Å². The van der Waals surface area contributed by atoms with Gasteiger partial charge < -0.3 is 5.11 Å². The van der Waals surface area contributed by atoms with Crippen LogP contribution in [-0.4, -0.2) is 11.7 Å². The van der Waals surface area contributed by atoms with Crippen LogP contribution in [-0.2, 0) is 6.42 Å². The number of rotatable bonds is 4. The van der Waals surface area contributed by atoms with Gasteiger partial charge in [-0.2, -0.15) is 35.9 Å². The maximum absolute atomic E-state index is 9.43. The first kappa shape index (κ1) is 14.1. The fourth-order valence-corrected chi connectivity index (χ4v) is 1.86. The second-order valence-corrected chi connectivity index (χ2v) is 3.90. The van der Waals surface area contributed by atoms with Gasteiger partial charge in [0.15, 0.2) is 0 Å².